The van der Waals surface area contributed by atoms with E-state index in [0.717, 1.165) is 25.9 Å². The molecule has 4 rings (SSSR count). The molecule has 1 aromatic carbocycles. The molecule has 2 aliphatic rings. The quantitative estimate of drug-likeness (QED) is 0.666. The van der Waals surface area contributed by atoms with Crippen LogP contribution in [0.3, 0.4) is 0 Å². The maximum atomic E-state index is 13.0. The number of carbonyl (C=O) groups is 2. The van der Waals surface area contributed by atoms with E-state index in [1.807, 2.05) is 0 Å². The van der Waals surface area contributed by atoms with Crippen LogP contribution < -0.4 is 10.6 Å². The Labute approximate surface area is 188 Å². The Morgan fingerprint density at radius 1 is 1.27 bits per heavy atom. The summed E-state index contributed by atoms with van der Waals surface area (Å²) in [5, 5.41) is 9.07. The molecular weight excluding hydrogens is 447 g/mol. The number of likely N-dealkylation sites (tertiary alicyclic amines) is 1. The summed E-state index contributed by atoms with van der Waals surface area (Å²) < 4.78 is 5.55. The highest BCUT2D eigenvalue weighted by Crippen LogP contribution is 2.33. The number of thiazole rings is 1. The van der Waals surface area contributed by atoms with Gasteiger partial charge in [-0.05, 0) is 37.8 Å². The molecule has 0 saturated carbocycles. The third-order valence-electron chi connectivity index (χ3n) is 5.26. The van der Waals surface area contributed by atoms with Gasteiger partial charge in [-0.25, -0.2) is 4.98 Å². The maximum absolute atomic E-state index is 13.0. The minimum atomic E-state index is -0.473. The van der Waals surface area contributed by atoms with E-state index in [1.165, 1.54) is 11.3 Å². The molecule has 10 heteroatoms. The van der Waals surface area contributed by atoms with Crippen LogP contribution in [-0.4, -0.2) is 53.5 Å². The molecule has 3 heterocycles. The fourth-order valence-corrected chi connectivity index (χ4v) is 4.76. The van der Waals surface area contributed by atoms with Gasteiger partial charge in [-0.2, -0.15) is 0 Å². The van der Waals surface area contributed by atoms with Crippen LogP contribution in [0.2, 0.25) is 10.0 Å². The van der Waals surface area contributed by atoms with Crippen LogP contribution in [0.1, 0.15) is 36.2 Å². The Balaban J connectivity index is 1.39. The lowest BCUT2D eigenvalue weighted by molar-refractivity contribution is -0.125. The van der Waals surface area contributed by atoms with E-state index < -0.39 is 6.04 Å². The first-order valence-electron chi connectivity index (χ1n) is 9.90. The number of anilines is 2. The van der Waals surface area contributed by atoms with Gasteiger partial charge in [0.1, 0.15) is 11.7 Å². The van der Waals surface area contributed by atoms with Gasteiger partial charge in [0, 0.05) is 25.1 Å². The number of aromatic nitrogens is 1. The molecule has 0 bridgehead atoms. The highest BCUT2D eigenvalue weighted by Gasteiger charge is 2.35. The average molecular weight is 469 g/mol. The van der Waals surface area contributed by atoms with E-state index in [1.54, 1.807) is 28.5 Å². The monoisotopic (exact) mass is 468 g/mol. The van der Waals surface area contributed by atoms with Crippen molar-refractivity contribution in [3.8, 4) is 0 Å². The van der Waals surface area contributed by atoms with Gasteiger partial charge in [-0.15, -0.1) is 11.3 Å². The summed E-state index contributed by atoms with van der Waals surface area (Å²) in [6.07, 6.45) is 3.49. The Morgan fingerprint density at radius 3 is 2.93 bits per heavy atom. The Hall–Kier alpha value is -1.87. The number of hydrogen-bond donors (Lipinski definition) is 2. The number of rotatable bonds is 6. The molecule has 2 atom stereocenters. The summed E-state index contributed by atoms with van der Waals surface area (Å²) in [7, 11) is 0. The van der Waals surface area contributed by atoms with Crippen molar-refractivity contribution >= 4 is 57.2 Å². The van der Waals surface area contributed by atoms with Crippen LogP contribution in [0.15, 0.2) is 23.6 Å². The highest BCUT2D eigenvalue weighted by molar-refractivity contribution is 7.14. The molecule has 7 nitrogen and oxygen atoms in total. The van der Waals surface area contributed by atoms with Gasteiger partial charge in [-0.3, -0.25) is 9.59 Å². The largest absolute Gasteiger partial charge is 0.376 e. The predicted molar refractivity (Wildman–Crippen MR) is 118 cm³/mol. The number of amides is 2. The fourth-order valence-electron chi connectivity index (χ4n) is 3.71. The van der Waals surface area contributed by atoms with E-state index in [-0.39, 0.29) is 17.9 Å². The number of ether oxygens (including phenoxy) is 1. The molecule has 1 aromatic heterocycles. The molecule has 2 amide bonds. The topological polar surface area (TPSA) is 83.6 Å². The first-order valence-corrected chi connectivity index (χ1v) is 11.5. The van der Waals surface area contributed by atoms with Crippen molar-refractivity contribution in [3.63, 3.8) is 0 Å². The molecule has 0 aliphatic carbocycles. The second kappa shape index (κ2) is 9.51. The Morgan fingerprint density at radius 2 is 2.13 bits per heavy atom. The van der Waals surface area contributed by atoms with E-state index in [4.69, 9.17) is 27.9 Å². The summed E-state index contributed by atoms with van der Waals surface area (Å²) in [5.74, 6) is -0.373. The molecule has 2 N–H and O–H groups in total. The highest BCUT2D eigenvalue weighted by atomic mass is 35.5. The zero-order valence-corrected chi connectivity index (χ0v) is 18.5. The second-order valence-electron chi connectivity index (χ2n) is 7.30. The molecular formula is C20H22Cl2N4O3S. The normalized spacial score (nSPS) is 21.1. The fraction of sp³-hybridized carbons (Fsp3) is 0.450. The number of benzene rings is 1. The summed E-state index contributed by atoms with van der Waals surface area (Å²) >= 11 is 13.5. The van der Waals surface area contributed by atoms with Crippen molar-refractivity contribution in [1.82, 2.24) is 15.2 Å². The molecule has 2 saturated heterocycles. The van der Waals surface area contributed by atoms with Gasteiger partial charge in [0.05, 0.1) is 21.8 Å². The van der Waals surface area contributed by atoms with Crippen LogP contribution in [0, 0.1) is 0 Å². The second-order valence-corrected chi connectivity index (χ2v) is 8.94. The Bertz CT molecular complexity index is 933. The zero-order chi connectivity index (χ0) is 21.1. The van der Waals surface area contributed by atoms with Crippen molar-refractivity contribution < 1.29 is 14.3 Å². The lowest BCUT2D eigenvalue weighted by atomic mass is 10.2. The van der Waals surface area contributed by atoms with E-state index in [2.05, 4.69) is 15.6 Å². The predicted octanol–water partition coefficient (Wildman–Crippen LogP) is 4.09. The van der Waals surface area contributed by atoms with Crippen LogP contribution in [0.4, 0.5) is 10.8 Å². The van der Waals surface area contributed by atoms with Crippen LogP contribution in [0.25, 0.3) is 0 Å². The van der Waals surface area contributed by atoms with Crippen molar-refractivity contribution in [2.24, 2.45) is 0 Å². The lowest BCUT2D eigenvalue weighted by Gasteiger charge is -2.23. The molecule has 2 aromatic rings. The molecule has 2 fully saturated rings. The van der Waals surface area contributed by atoms with E-state index >= 15 is 0 Å². The van der Waals surface area contributed by atoms with Gasteiger partial charge in [0.15, 0.2) is 5.13 Å². The van der Waals surface area contributed by atoms with E-state index in [0.29, 0.717) is 46.1 Å². The number of carbonyl (C=O) groups excluding carboxylic acids is 2. The first kappa shape index (κ1) is 21.4. The van der Waals surface area contributed by atoms with Gasteiger partial charge in [0.25, 0.3) is 5.91 Å². The molecule has 0 spiro atoms. The van der Waals surface area contributed by atoms with Gasteiger partial charge in [-0.1, -0.05) is 29.3 Å². The van der Waals surface area contributed by atoms with Gasteiger partial charge < -0.3 is 20.3 Å². The smallest absolute Gasteiger partial charge is 0.274 e. The number of halogens is 2. The zero-order valence-electron chi connectivity index (χ0n) is 16.2. The first-order chi connectivity index (χ1) is 14.5. The lowest BCUT2D eigenvalue weighted by Crippen LogP contribution is -2.47. The molecule has 2 aliphatic heterocycles. The molecule has 160 valence electrons. The van der Waals surface area contributed by atoms with Gasteiger partial charge in [0.2, 0.25) is 5.91 Å². The van der Waals surface area contributed by atoms with Crippen molar-refractivity contribution in [1.29, 1.82) is 0 Å². The van der Waals surface area contributed by atoms with Crippen LogP contribution in [0.5, 0.6) is 0 Å². The van der Waals surface area contributed by atoms with Crippen molar-refractivity contribution in [2.75, 3.05) is 25.0 Å². The van der Waals surface area contributed by atoms with Crippen LogP contribution >= 0.6 is 34.5 Å². The van der Waals surface area contributed by atoms with Crippen LogP contribution in [-0.2, 0) is 9.53 Å². The molecule has 0 radical (unpaired) electrons. The Kier molecular flexibility index (Phi) is 6.77. The van der Waals surface area contributed by atoms with Crippen molar-refractivity contribution in [2.45, 2.75) is 37.8 Å². The minimum absolute atomic E-state index is 0.0741. The van der Waals surface area contributed by atoms with Gasteiger partial charge >= 0.3 is 0 Å². The standard InChI is InChI=1S/C20H22Cl2N4O3S/c21-13-5-1-6-14(17(13)22)24-20-25-15(11-30-20)19(28)26-8-2-7-16(26)18(27)23-10-12-4-3-9-29-12/h1,5-6,11-12,16H,2-4,7-10H2,(H,23,27)(H,24,25)/t12-,16-/m1/s1. The summed E-state index contributed by atoms with van der Waals surface area (Å²) in [4.78, 5) is 31.6. The molecule has 30 heavy (non-hydrogen) atoms. The van der Waals surface area contributed by atoms with E-state index in [9.17, 15) is 9.59 Å². The third-order valence-corrected chi connectivity index (χ3v) is 6.84. The maximum Gasteiger partial charge on any atom is 0.274 e. The number of hydrogen-bond acceptors (Lipinski definition) is 6. The summed E-state index contributed by atoms with van der Waals surface area (Å²) in [6.45, 7) is 1.77. The molecule has 0 unspecified atom stereocenters. The number of nitrogens with zero attached hydrogens (tertiary/aromatic N) is 2. The average Bonchev–Trinajstić information content (AvgIpc) is 3.51. The third kappa shape index (κ3) is 4.72. The minimum Gasteiger partial charge on any atom is -0.376 e. The summed E-state index contributed by atoms with van der Waals surface area (Å²) in [6, 6.07) is 4.79. The SMILES string of the molecule is O=C(NC[C@H]1CCCO1)[C@H]1CCCN1C(=O)c1csc(Nc2cccc(Cl)c2Cl)n1. The van der Waals surface area contributed by atoms with Crippen molar-refractivity contribution in [3.05, 3.63) is 39.3 Å². The summed E-state index contributed by atoms with van der Waals surface area (Å²) in [5.41, 5.74) is 0.921. The number of nitrogens with one attached hydrogen (secondary N) is 2.